The molecule has 0 unspecified atom stereocenters. The lowest BCUT2D eigenvalue weighted by molar-refractivity contribution is -0.144. The Morgan fingerprint density at radius 1 is 1.07 bits per heavy atom. The van der Waals surface area contributed by atoms with Crippen molar-refractivity contribution in [3.63, 3.8) is 0 Å². The van der Waals surface area contributed by atoms with Crippen molar-refractivity contribution in [3.8, 4) is 5.40 Å². The molecule has 5 nitrogen and oxygen atoms in total. The number of carbonyl (C=O) groups is 2. The number of nitrogens with zero attached hydrogens (tertiary/aromatic N) is 1. The second-order valence-corrected chi connectivity index (χ2v) is 8.27. The van der Waals surface area contributed by atoms with Gasteiger partial charge in [-0.15, -0.1) is 11.8 Å². The maximum Gasteiger partial charge on any atom is 0.316 e. The van der Waals surface area contributed by atoms with Crippen molar-refractivity contribution in [3.05, 3.63) is 52.6 Å². The molecule has 2 rings (SSSR count). The van der Waals surface area contributed by atoms with Crippen LogP contribution in [0.5, 0.6) is 0 Å². The molecule has 28 heavy (non-hydrogen) atoms. The number of esters is 1. The van der Waals surface area contributed by atoms with Crippen LogP contribution < -0.4 is 5.32 Å². The summed E-state index contributed by atoms with van der Waals surface area (Å²) in [7, 11) is 0. The Morgan fingerprint density at radius 3 is 2.39 bits per heavy atom. The molecule has 0 saturated heterocycles. The molecule has 0 aliphatic carbocycles. The minimum Gasteiger partial charge on any atom is -0.455 e. The molecule has 0 spiro atoms. The van der Waals surface area contributed by atoms with Crippen molar-refractivity contribution in [2.24, 2.45) is 0 Å². The Kier molecular flexibility index (Phi) is 7.97. The maximum atomic E-state index is 12.2. The van der Waals surface area contributed by atoms with Crippen LogP contribution in [0.4, 0.5) is 5.69 Å². The first kappa shape index (κ1) is 21.9. The highest BCUT2D eigenvalue weighted by Crippen LogP contribution is 2.27. The zero-order valence-corrected chi connectivity index (χ0v) is 17.9. The molecule has 0 aliphatic heterocycles. The van der Waals surface area contributed by atoms with E-state index in [2.05, 4.69) is 5.32 Å². The number of rotatable bonds is 7. The highest BCUT2D eigenvalue weighted by molar-refractivity contribution is 8.03. The van der Waals surface area contributed by atoms with E-state index in [4.69, 9.17) is 10.00 Å². The molecule has 0 atom stereocenters. The fourth-order valence-corrected chi connectivity index (χ4v) is 4.09. The van der Waals surface area contributed by atoms with Gasteiger partial charge in [0.1, 0.15) is 5.40 Å². The van der Waals surface area contributed by atoms with Crippen molar-refractivity contribution in [1.29, 1.82) is 5.26 Å². The van der Waals surface area contributed by atoms with Gasteiger partial charge >= 0.3 is 5.97 Å². The number of thiocyanates is 1. The molecule has 0 aromatic heterocycles. The summed E-state index contributed by atoms with van der Waals surface area (Å²) in [6.45, 7) is 7.38. The number of ether oxygens (including phenoxy) is 1. The minimum atomic E-state index is -0.435. The highest BCUT2D eigenvalue weighted by Gasteiger charge is 2.12. The van der Waals surface area contributed by atoms with Crippen LogP contribution in [-0.2, 0) is 14.3 Å². The summed E-state index contributed by atoms with van der Waals surface area (Å²) in [6.07, 6.45) is 0. The van der Waals surface area contributed by atoms with Gasteiger partial charge in [0.25, 0.3) is 5.91 Å². The number of aryl methyl sites for hydroxylation is 4. The fourth-order valence-electron chi connectivity index (χ4n) is 2.60. The van der Waals surface area contributed by atoms with E-state index in [1.54, 1.807) is 0 Å². The molecule has 1 amide bonds. The van der Waals surface area contributed by atoms with Gasteiger partial charge in [0, 0.05) is 15.5 Å². The maximum absolute atomic E-state index is 12.2. The first-order valence-corrected chi connectivity index (χ1v) is 10.4. The van der Waals surface area contributed by atoms with Gasteiger partial charge in [0.05, 0.1) is 5.75 Å². The van der Waals surface area contributed by atoms with Gasteiger partial charge in [-0.2, -0.15) is 5.26 Å². The van der Waals surface area contributed by atoms with Gasteiger partial charge in [-0.1, -0.05) is 17.7 Å². The van der Waals surface area contributed by atoms with Crippen molar-refractivity contribution in [2.75, 3.05) is 17.7 Å². The van der Waals surface area contributed by atoms with Crippen LogP contribution in [0, 0.1) is 38.4 Å². The molecule has 2 aromatic carbocycles. The van der Waals surface area contributed by atoms with Crippen molar-refractivity contribution < 1.29 is 14.3 Å². The monoisotopic (exact) mass is 414 g/mol. The molecule has 0 saturated carbocycles. The van der Waals surface area contributed by atoms with E-state index in [1.807, 2.05) is 63.4 Å². The van der Waals surface area contributed by atoms with E-state index in [1.165, 1.54) is 11.8 Å². The van der Waals surface area contributed by atoms with Crippen LogP contribution >= 0.6 is 23.5 Å². The Bertz CT molecular complexity index is 913. The third-order valence-corrected chi connectivity index (χ3v) is 5.68. The normalized spacial score (nSPS) is 10.2. The van der Waals surface area contributed by atoms with Gasteiger partial charge in [0.15, 0.2) is 6.61 Å². The molecule has 1 N–H and O–H groups in total. The lowest BCUT2D eigenvalue weighted by Gasteiger charge is -2.13. The largest absolute Gasteiger partial charge is 0.455 e. The number of amides is 1. The molecule has 7 heteroatoms. The Morgan fingerprint density at radius 2 is 1.75 bits per heavy atom. The number of thioether (sulfide) groups is 2. The van der Waals surface area contributed by atoms with E-state index in [0.717, 1.165) is 43.8 Å². The smallest absolute Gasteiger partial charge is 0.316 e. The van der Waals surface area contributed by atoms with Crippen LogP contribution in [0.15, 0.2) is 40.1 Å². The number of anilines is 1. The van der Waals surface area contributed by atoms with Crippen LogP contribution in [0.25, 0.3) is 0 Å². The molecule has 0 radical (unpaired) electrons. The van der Waals surface area contributed by atoms with E-state index in [9.17, 15) is 9.59 Å². The minimum absolute atomic E-state index is 0.149. The van der Waals surface area contributed by atoms with Crippen LogP contribution in [0.1, 0.15) is 22.3 Å². The Hall–Kier alpha value is -2.43. The molecule has 0 heterocycles. The lowest BCUT2D eigenvalue weighted by atomic mass is 10.1. The predicted octanol–water partition coefficient (Wildman–Crippen LogP) is 4.77. The fraction of sp³-hybridized carbons (Fsp3) is 0.286. The van der Waals surface area contributed by atoms with Crippen LogP contribution in [-0.4, -0.2) is 24.2 Å². The first-order chi connectivity index (χ1) is 13.3. The molecule has 146 valence electrons. The van der Waals surface area contributed by atoms with Crippen molar-refractivity contribution in [1.82, 2.24) is 0 Å². The molecular formula is C21H22N2O3S2. The SMILES string of the molecule is Cc1ccc(C)c(SCC(=O)OCC(=O)Nc2c(C)cc(SC#N)cc2C)c1. The number of hydrogen-bond acceptors (Lipinski definition) is 6. The highest BCUT2D eigenvalue weighted by atomic mass is 32.2. The zero-order chi connectivity index (χ0) is 20.7. The summed E-state index contributed by atoms with van der Waals surface area (Å²) in [4.78, 5) is 26.0. The van der Waals surface area contributed by atoms with E-state index in [-0.39, 0.29) is 12.4 Å². The topological polar surface area (TPSA) is 79.2 Å². The molecular weight excluding hydrogens is 392 g/mol. The standard InChI is InChI=1S/C21H22N2O3S2/c1-13-5-6-14(2)18(7-13)27-11-20(25)26-10-19(24)23-21-15(3)8-17(28-12-22)9-16(21)4/h5-9H,10-11H2,1-4H3,(H,23,24). The molecule has 0 aliphatic rings. The number of nitriles is 1. The summed E-state index contributed by atoms with van der Waals surface area (Å²) in [5, 5.41) is 13.6. The van der Waals surface area contributed by atoms with Crippen molar-refractivity contribution in [2.45, 2.75) is 37.5 Å². The summed E-state index contributed by atoms with van der Waals surface area (Å²) < 4.78 is 5.09. The number of nitrogens with one attached hydrogen (secondary N) is 1. The summed E-state index contributed by atoms with van der Waals surface area (Å²) in [6, 6.07) is 9.74. The van der Waals surface area contributed by atoms with Gasteiger partial charge in [0.2, 0.25) is 0 Å². The van der Waals surface area contributed by atoms with E-state index < -0.39 is 11.9 Å². The van der Waals surface area contributed by atoms with Gasteiger partial charge in [-0.05, 0) is 74.3 Å². The lowest BCUT2D eigenvalue weighted by Crippen LogP contribution is -2.22. The number of benzene rings is 2. The second-order valence-electron chi connectivity index (χ2n) is 6.39. The first-order valence-electron chi connectivity index (χ1n) is 8.63. The van der Waals surface area contributed by atoms with Gasteiger partial charge in [-0.25, -0.2) is 0 Å². The van der Waals surface area contributed by atoms with E-state index >= 15 is 0 Å². The van der Waals surface area contributed by atoms with Crippen LogP contribution in [0.2, 0.25) is 0 Å². The average molecular weight is 415 g/mol. The average Bonchev–Trinajstić information content (AvgIpc) is 2.64. The van der Waals surface area contributed by atoms with E-state index in [0.29, 0.717) is 5.69 Å². The quantitative estimate of drug-likeness (QED) is 0.399. The summed E-state index contributed by atoms with van der Waals surface area (Å²) >= 11 is 2.47. The summed E-state index contributed by atoms with van der Waals surface area (Å²) in [5.41, 5.74) is 4.61. The molecule has 0 bridgehead atoms. The van der Waals surface area contributed by atoms with Crippen molar-refractivity contribution >= 4 is 41.1 Å². The summed E-state index contributed by atoms with van der Waals surface area (Å²) in [5.74, 6) is -0.678. The molecule has 0 fully saturated rings. The van der Waals surface area contributed by atoms with Gasteiger partial charge in [-0.3, -0.25) is 9.59 Å². The van der Waals surface area contributed by atoms with Gasteiger partial charge < -0.3 is 10.1 Å². The number of carbonyl (C=O) groups excluding carboxylic acids is 2. The predicted molar refractivity (Wildman–Crippen MR) is 114 cm³/mol. The third-order valence-electron chi connectivity index (χ3n) is 3.99. The third kappa shape index (κ3) is 6.32. The molecule has 2 aromatic rings. The zero-order valence-electron chi connectivity index (χ0n) is 16.3. The number of hydrogen-bond donors (Lipinski definition) is 1. The second kappa shape index (κ2) is 10.2. The Balaban J connectivity index is 1.86. The Labute approximate surface area is 173 Å². The van der Waals surface area contributed by atoms with Crippen LogP contribution in [0.3, 0.4) is 0 Å².